The van der Waals surface area contributed by atoms with E-state index in [1.807, 2.05) is 13.8 Å². The molecule has 0 bridgehead atoms. The minimum Gasteiger partial charge on any atom is -0.449 e. The van der Waals surface area contributed by atoms with Gasteiger partial charge in [0.1, 0.15) is 0 Å². The Hall–Kier alpha value is -0.530. The average Bonchev–Trinajstić information content (AvgIpc) is 2.14. The SMILES string of the molecule is CCOC(=O)NS(=O)(=O)NC(CCl)CC(C)C. The van der Waals surface area contributed by atoms with E-state index in [1.165, 1.54) is 0 Å². The zero-order valence-corrected chi connectivity index (χ0v) is 11.8. The van der Waals surface area contributed by atoms with Crippen LogP contribution in [-0.4, -0.2) is 33.0 Å². The number of ether oxygens (including phenoxy) is 1. The van der Waals surface area contributed by atoms with Crippen molar-refractivity contribution < 1.29 is 17.9 Å². The number of hydrogen-bond donors (Lipinski definition) is 2. The lowest BCUT2D eigenvalue weighted by Gasteiger charge is -2.18. The second-order valence-corrected chi connectivity index (χ2v) is 5.68. The predicted octanol–water partition coefficient (Wildman–Crippen LogP) is 1.22. The average molecular weight is 287 g/mol. The van der Waals surface area contributed by atoms with E-state index in [0.29, 0.717) is 12.3 Å². The van der Waals surface area contributed by atoms with Gasteiger partial charge < -0.3 is 4.74 Å². The Morgan fingerprint density at radius 1 is 1.41 bits per heavy atom. The molecule has 0 saturated heterocycles. The largest absolute Gasteiger partial charge is 0.449 e. The van der Waals surface area contributed by atoms with E-state index in [1.54, 1.807) is 11.6 Å². The Bertz CT molecular complexity index is 332. The summed E-state index contributed by atoms with van der Waals surface area (Å²) in [6.45, 7) is 5.59. The van der Waals surface area contributed by atoms with Crippen LogP contribution in [0.2, 0.25) is 0 Å². The van der Waals surface area contributed by atoms with Crippen molar-refractivity contribution in [2.45, 2.75) is 33.2 Å². The third kappa shape index (κ3) is 8.23. The van der Waals surface area contributed by atoms with Crippen LogP contribution < -0.4 is 9.44 Å². The first-order valence-corrected chi connectivity index (χ1v) is 7.35. The topological polar surface area (TPSA) is 84.5 Å². The van der Waals surface area contributed by atoms with E-state index < -0.39 is 22.3 Å². The van der Waals surface area contributed by atoms with Gasteiger partial charge in [0, 0.05) is 11.9 Å². The van der Waals surface area contributed by atoms with Gasteiger partial charge >= 0.3 is 16.3 Å². The highest BCUT2D eigenvalue weighted by atomic mass is 35.5. The first kappa shape index (κ1) is 16.5. The van der Waals surface area contributed by atoms with E-state index in [4.69, 9.17) is 11.6 Å². The molecule has 6 nitrogen and oxygen atoms in total. The second kappa shape index (κ2) is 7.73. The normalized spacial score (nSPS) is 13.5. The number of halogens is 1. The molecule has 102 valence electrons. The molecule has 0 saturated carbocycles. The molecule has 0 radical (unpaired) electrons. The molecule has 0 aromatic rings. The number of nitrogens with one attached hydrogen (secondary N) is 2. The summed E-state index contributed by atoms with van der Waals surface area (Å²) in [7, 11) is -3.92. The molecule has 0 aliphatic rings. The maximum Gasteiger partial charge on any atom is 0.421 e. The zero-order valence-electron chi connectivity index (χ0n) is 10.2. The van der Waals surface area contributed by atoms with E-state index in [-0.39, 0.29) is 12.5 Å². The number of amides is 1. The van der Waals surface area contributed by atoms with Crippen molar-refractivity contribution in [1.82, 2.24) is 9.44 Å². The highest BCUT2D eigenvalue weighted by molar-refractivity contribution is 7.88. The molecule has 1 amide bonds. The number of alkyl halides is 1. The van der Waals surface area contributed by atoms with Crippen LogP contribution in [0.25, 0.3) is 0 Å². The van der Waals surface area contributed by atoms with Crippen molar-refractivity contribution >= 4 is 27.9 Å². The third-order valence-electron chi connectivity index (χ3n) is 1.76. The lowest BCUT2D eigenvalue weighted by molar-refractivity contribution is 0.158. The lowest BCUT2D eigenvalue weighted by Crippen LogP contribution is -2.46. The molecular formula is C9H19ClN2O4S. The molecule has 8 heteroatoms. The second-order valence-electron chi connectivity index (χ2n) is 3.92. The lowest BCUT2D eigenvalue weighted by atomic mass is 10.1. The smallest absolute Gasteiger partial charge is 0.421 e. The number of carbonyl (C=O) groups excluding carboxylic acids is 1. The van der Waals surface area contributed by atoms with E-state index in [9.17, 15) is 13.2 Å². The maximum absolute atomic E-state index is 11.5. The summed E-state index contributed by atoms with van der Waals surface area (Å²) in [6.07, 6.45) is -0.411. The van der Waals surface area contributed by atoms with Gasteiger partial charge in [0.25, 0.3) is 0 Å². The molecule has 0 spiro atoms. The number of hydrogen-bond acceptors (Lipinski definition) is 4. The van der Waals surface area contributed by atoms with Crippen molar-refractivity contribution in [3.05, 3.63) is 0 Å². The van der Waals surface area contributed by atoms with Gasteiger partial charge in [-0.25, -0.2) is 9.52 Å². The van der Waals surface area contributed by atoms with Gasteiger partial charge in [0.2, 0.25) is 0 Å². The summed E-state index contributed by atoms with van der Waals surface area (Å²) < 4.78 is 31.5. The van der Waals surface area contributed by atoms with E-state index >= 15 is 0 Å². The molecule has 0 rings (SSSR count). The predicted molar refractivity (Wildman–Crippen MR) is 66.2 cm³/mol. The van der Waals surface area contributed by atoms with Gasteiger partial charge in [-0.05, 0) is 19.3 Å². The van der Waals surface area contributed by atoms with Gasteiger partial charge in [0.15, 0.2) is 0 Å². The van der Waals surface area contributed by atoms with Gasteiger partial charge in [0.05, 0.1) is 6.61 Å². The van der Waals surface area contributed by atoms with Gasteiger partial charge in [-0.1, -0.05) is 13.8 Å². The standard InChI is InChI=1S/C9H19ClN2O4S/c1-4-16-9(13)12-17(14,15)11-8(6-10)5-7(2)3/h7-8,11H,4-6H2,1-3H3,(H,12,13). The maximum atomic E-state index is 11.5. The molecule has 17 heavy (non-hydrogen) atoms. The van der Waals surface area contributed by atoms with Crippen LogP contribution in [0.4, 0.5) is 4.79 Å². The van der Waals surface area contributed by atoms with Crippen LogP contribution in [-0.2, 0) is 14.9 Å². The van der Waals surface area contributed by atoms with Crippen molar-refractivity contribution in [2.24, 2.45) is 5.92 Å². The van der Waals surface area contributed by atoms with Gasteiger partial charge in [-0.3, -0.25) is 0 Å². The molecule has 0 fully saturated rings. The summed E-state index contributed by atoms with van der Waals surface area (Å²) >= 11 is 5.64. The molecule has 2 N–H and O–H groups in total. The van der Waals surface area contributed by atoms with Crippen LogP contribution in [0.5, 0.6) is 0 Å². The molecule has 1 unspecified atom stereocenters. The van der Waals surface area contributed by atoms with Crippen molar-refractivity contribution in [3.63, 3.8) is 0 Å². The Kier molecular flexibility index (Phi) is 7.49. The number of rotatable bonds is 7. The van der Waals surface area contributed by atoms with Crippen LogP contribution in [0, 0.1) is 5.92 Å². The highest BCUT2D eigenvalue weighted by Gasteiger charge is 2.20. The van der Waals surface area contributed by atoms with Crippen molar-refractivity contribution in [1.29, 1.82) is 0 Å². The summed E-state index contributed by atoms with van der Waals surface area (Å²) in [5.41, 5.74) is 0. The van der Waals surface area contributed by atoms with Gasteiger partial charge in [-0.15, -0.1) is 11.6 Å². The molecule has 0 heterocycles. The molecule has 1 atom stereocenters. The Morgan fingerprint density at radius 2 is 2.00 bits per heavy atom. The summed E-state index contributed by atoms with van der Waals surface area (Å²) in [5, 5.41) is 0. The zero-order chi connectivity index (χ0) is 13.5. The van der Waals surface area contributed by atoms with E-state index in [2.05, 4.69) is 9.46 Å². The molecule has 0 aromatic heterocycles. The van der Waals surface area contributed by atoms with Crippen molar-refractivity contribution in [2.75, 3.05) is 12.5 Å². The molecule has 0 aromatic carbocycles. The summed E-state index contributed by atoms with van der Waals surface area (Å²) in [4.78, 5) is 11.0. The fourth-order valence-electron chi connectivity index (χ4n) is 1.23. The van der Waals surface area contributed by atoms with Gasteiger partial charge in [-0.2, -0.15) is 13.1 Å². The Balaban J connectivity index is 4.36. The molecule has 0 aliphatic heterocycles. The van der Waals surface area contributed by atoms with Crippen LogP contribution in [0.3, 0.4) is 0 Å². The van der Waals surface area contributed by atoms with Crippen LogP contribution in [0.1, 0.15) is 27.2 Å². The third-order valence-corrected chi connectivity index (χ3v) is 3.21. The van der Waals surface area contributed by atoms with Crippen LogP contribution in [0.15, 0.2) is 0 Å². The number of carbonyl (C=O) groups is 1. The first-order chi connectivity index (χ1) is 7.80. The summed E-state index contributed by atoms with van der Waals surface area (Å²) in [6, 6.07) is -0.413. The minimum absolute atomic E-state index is 0.103. The molecule has 0 aliphatic carbocycles. The minimum atomic E-state index is -3.92. The Morgan fingerprint density at radius 3 is 2.41 bits per heavy atom. The molecular weight excluding hydrogens is 268 g/mol. The monoisotopic (exact) mass is 286 g/mol. The van der Waals surface area contributed by atoms with E-state index in [0.717, 1.165) is 0 Å². The highest BCUT2D eigenvalue weighted by Crippen LogP contribution is 2.06. The Labute approximate surface area is 107 Å². The van der Waals surface area contributed by atoms with Crippen LogP contribution >= 0.6 is 11.6 Å². The summed E-state index contributed by atoms with van der Waals surface area (Å²) in [5.74, 6) is 0.436. The fourth-order valence-corrected chi connectivity index (χ4v) is 2.48. The first-order valence-electron chi connectivity index (χ1n) is 5.33. The quantitative estimate of drug-likeness (QED) is 0.689. The fraction of sp³-hybridized carbons (Fsp3) is 0.889. The van der Waals surface area contributed by atoms with Crippen molar-refractivity contribution in [3.8, 4) is 0 Å².